The maximum atomic E-state index is 11.5. The first kappa shape index (κ1) is 19.7. The summed E-state index contributed by atoms with van der Waals surface area (Å²) in [6.45, 7) is 0.233. The van der Waals surface area contributed by atoms with Gasteiger partial charge in [-0.1, -0.05) is 12.8 Å². The second-order valence-corrected chi connectivity index (χ2v) is 6.69. The highest BCUT2D eigenvalue weighted by molar-refractivity contribution is 5.82. The highest BCUT2D eigenvalue weighted by Gasteiger charge is 2.30. The number of hydrogen-bond donors (Lipinski definition) is 2. The molecule has 0 bridgehead atoms. The molecule has 2 aromatic rings. The minimum absolute atomic E-state index is 0.121. The van der Waals surface area contributed by atoms with Gasteiger partial charge >= 0.3 is 5.97 Å². The molecule has 10 heteroatoms. The van der Waals surface area contributed by atoms with Crippen LogP contribution in [0.5, 0.6) is 11.8 Å². The predicted molar refractivity (Wildman–Crippen MR) is 99.5 cm³/mol. The first-order valence-corrected chi connectivity index (χ1v) is 8.97. The van der Waals surface area contributed by atoms with Crippen molar-refractivity contribution in [2.75, 3.05) is 14.2 Å². The highest BCUT2D eigenvalue weighted by Crippen LogP contribution is 2.31. The molecule has 150 valence electrons. The number of carboxylic acids is 1. The number of benzene rings is 1. The van der Waals surface area contributed by atoms with Crippen LogP contribution in [-0.4, -0.2) is 46.2 Å². The lowest BCUT2D eigenvalue weighted by atomic mass is 9.84. The number of nitrogens with one attached hydrogen (secondary N) is 1. The van der Waals surface area contributed by atoms with Crippen LogP contribution in [-0.2, 0) is 11.3 Å². The van der Waals surface area contributed by atoms with Gasteiger partial charge in [-0.05, 0) is 12.8 Å². The Kier molecular flexibility index (Phi) is 5.88. The molecule has 1 aromatic heterocycles. The first-order valence-electron chi connectivity index (χ1n) is 8.97. The van der Waals surface area contributed by atoms with E-state index in [4.69, 9.17) is 9.47 Å². The summed E-state index contributed by atoms with van der Waals surface area (Å²) in [5, 5.41) is 24.0. The number of nitro groups is 1. The Balaban J connectivity index is 1.98. The number of aliphatic carboxylic acids is 1. The van der Waals surface area contributed by atoms with Crippen LogP contribution in [0.2, 0.25) is 0 Å². The summed E-state index contributed by atoms with van der Waals surface area (Å²) in [4.78, 5) is 31.0. The molecular formula is C18H22N4O6. The van der Waals surface area contributed by atoms with Crippen LogP contribution in [0, 0.1) is 16.0 Å². The molecule has 2 unspecified atom stereocenters. The van der Waals surface area contributed by atoms with Gasteiger partial charge in [-0.15, -0.1) is 0 Å². The van der Waals surface area contributed by atoms with Crippen LogP contribution in [0.25, 0.3) is 11.0 Å². The van der Waals surface area contributed by atoms with Gasteiger partial charge < -0.3 is 19.9 Å². The minimum atomic E-state index is -0.827. The lowest BCUT2D eigenvalue weighted by Crippen LogP contribution is -2.41. The van der Waals surface area contributed by atoms with Crippen molar-refractivity contribution in [3.05, 3.63) is 27.8 Å². The largest absolute Gasteiger partial charge is 0.481 e. The maximum absolute atomic E-state index is 11.5. The molecule has 3 rings (SSSR count). The fourth-order valence-corrected chi connectivity index (χ4v) is 3.60. The zero-order chi connectivity index (χ0) is 20.3. The van der Waals surface area contributed by atoms with Crippen LogP contribution in [0.4, 0.5) is 5.69 Å². The lowest BCUT2D eigenvalue weighted by Gasteiger charge is -2.29. The fraction of sp³-hybridized carbons (Fsp3) is 0.500. The summed E-state index contributed by atoms with van der Waals surface area (Å²) in [7, 11) is 2.84. The summed E-state index contributed by atoms with van der Waals surface area (Å²) in [6.07, 6.45) is 3.19. The Morgan fingerprint density at radius 1 is 1.25 bits per heavy atom. The number of rotatable bonds is 7. The van der Waals surface area contributed by atoms with E-state index in [9.17, 15) is 20.0 Å². The Hall–Kier alpha value is -3.01. The predicted octanol–water partition coefficient (Wildman–Crippen LogP) is 2.29. The van der Waals surface area contributed by atoms with Crippen molar-refractivity contribution in [2.45, 2.75) is 38.3 Å². The summed E-state index contributed by atoms with van der Waals surface area (Å²) in [5.74, 6) is -0.995. The Morgan fingerprint density at radius 2 is 1.93 bits per heavy atom. The van der Waals surface area contributed by atoms with Gasteiger partial charge in [0.05, 0.1) is 30.6 Å². The lowest BCUT2D eigenvalue weighted by molar-refractivity contribution is -0.384. The van der Waals surface area contributed by atoms with Crippen LogP contribution >= 0.6 is 0 Å². The van der Waals surface area contributed by atoms with E-state index < -0.39 is 16.8 Å². The molecule has 1 aromatic carbocycles. The number of non-ortho nitro benzene ring substituents is 1. The van der Waals surface area contributed by atoms with Crippen LogP contribution in [0.15, 0.2) is 12.1 Å². The number of fused-ring (bicyclic) bond motifs is 1. The number of nitrogens with zero attached hydrogens (tertiary/aromatic N) is 3. The molecule has 0 saturated heterocycles. The van der Waals surface area contributed by atoms with E-state index in [2.05, 4.69) is 15.3 Å². The molecule has 1 heterocycles. The van der Waals surface area contributed by atoms with Gasteiger partial charge in [0.2, 0.25) is 0 Å². The van der Waals surface area contributed by atoms with Gasteiger partial charge in [-0.2, -0.15) is 0 Å². The molecular weight excluding hydrogens is 368 g/mol. The average Bonchev–Trinajstić information content (AvgIpc) is 2.70. The molecule has 0 amide bonds. The number of nitro benzene ring substituents is 1. The van der Waals surface area contributed by atoms with Crippen molar-refractivity contribution >= 4 is 22.7 Å². The second kappa shape index (κ2) is 8.34. The van der Waals surface area contributed by atoms with E-state index in [1.165, 1.54) is 26.4 Å². The molecule has 2 N–H and O–H groups in total. The van der Waals surface area contributed by atoms with Crippen molar-refractivity contribution in [3.63, 3.8) is 0 Å². The van der Waals surface area contributed by atoms with Gasteiger partial charge in [0.1, 0.15) is 5.52 Å². The van der Waals surface area contributed by atoms with Crippen molar-refractivity contribution in [2.24, 2.45) is 5.92 Å². The standard InChI is InChI=1S/C18H22N4O6/c1-27-16-17(28-2)21-15-10(7-11(22(25)26)8-14(15)20-16)9-19-13-6-4-3-5-12(13)18(23)24/h7-8,12-13,19H,3-6,9H2,1-2H3,(H,23,24). The van der Waals surface area contributed by atoms with E-state index in [0.29, 0.717) is 23.0 Å². The molecule has 1 aliphatic carbocycles. The third-order valence-corrected chi connectivity index (χ3v) is 5.01. The van der Waals surface area contributed by atoms with Gasteiger partial charge in [-0.3, -0.25) is 14.9 Å². The van der Waals surface area contributed by atoms with E-state index in [1.54, 1.807) is 0 Å². The zero-order valence-electron chi connectivity index (χ0n) is 15.7. The van der Waals surface area contributed by atoms with E-state index >= 15 is 0 Å². The molecule has 0 radical (unpaired) electrons. The normalized spacial score (nSPS) is 19.4. The van der Waals surface area contributed by atoms with Crippen molar-refractivity contribution in [1.29, 1.82) is 0 Å². The van der Waals surface area contributed by atoms with Gasteiger partial charge in [-0.25, -0.2) is 9.97 Å². The molecule has 1 saturated carbocycles. The van der Waals surface area contributed by atoms with Gasteiger partial charge in [0.25, 0.3) is 17.4 Å². The zero-order valence-corrected chi connectivity index (χ0v) is 15.7. The Labute approximate surface area is 161 Å². The Bertz CT molecular complexity index is 903. The first-order chi connectivity index (χ1) is 13.4. The van der Waals surface area contributed by atoms with Crippen molar-refractivity contribution < 1.29 is 24.3 Å². The van der Waals surface area contributed by atoms with Gasteiger partial charge in [0, 0.05) is 30.3 Å². The highest BCUT2D eigenvalue weighted by atomic mass is 16.6. The monoisotopic (exact) mass is 390 g/mol. The number of carboxylic acid groups (broad SMARTS) is 1. The third kappa shape index (κ3) is 3.96. The minimum Gasteiger partial charge on any atom is -0.481 e. The second-order valence-electron chi connectivity index (χ2n) is 6.69. The van der Waals surface area contributed by atoms with Crippen LogP contribution in [0.1, 0.15) is 31.2 Å². The van der Waals surface area contributed by atoms with E-state index in [0.717, 1.165) is 19.3 Å². The quantitative estimate of drug-likeness (QED) is 0.539. The molecule has 1 fully saturated rings. The molecule has 10 nitrogen and oxygen atoms in total. The fourth-order valence-electron chi connectivity index (χ4n) is 3.60. The van der Waals surface area contributed by atoms with Crippen molar-refractivity contribution in [1.82, 2.24) is 15.3 Å². The summed E-state index contributed by atoms with van der Waals surface area (Å²) >= 11 is 0. The molecule has 0 aliphatic heterocycles. The molecule has 2 atom stereocenters. The van der Waals surface area contributed by atoms with E-state index in [-0.39, 0.29) is 30.0 Å². The Morgan fingerprint density at radius 3 is 2.57 bits per heavy atom. The smallest absolute Gasteiger partial charge is 0.308 e. The summed E-state index contributed by atoms with van der Waals surface area (Å²) in [5.41, 5.74) is 1.18. The molecule has 1 aliphatic rings. The van der Waals surface area contributed by atoms with Gasteiger partial charge in [0.15, 0.2) is 0 Å². The summed E-state index contributed by atoms with van der Waals surface area (Å²) in [6, 6.07) is 2.55. The average molecular weight is 390 g/mol. The SMILES string of the molecule is COc1nc2cc([N+](=O)[O-])cc(CNC3CCCCC3C(=O)O)c2nc1OC. The number of ether oxygens (including phenoxy) is 2. The topological polar surface area (TPSA) is 137 Å². The van der Waals surface area contributed by atoms with E-state index in [1.807, 2.05) is 0 Å². The third-order valence-electron chi connectivity index (χ3n) is 5.01. The van der Waals surface area contributed by atoms with Crippen LogP contribution < -0.4 is 14.8 Å². The number of aromatic nitrogens is 2. The number of carbonyl (C=O) groups is 1. The number of hydrogen-bond acceptors (Lipinski definition) is 8. The number of methoxy groups -OCH3 is 2. The summed E-state index contributed by atoms with van der Waals surface area (Å²) < 4.78 is 10.3. The van der Waals surface area contributed by atoms with Crippen LogP contribution in [0.3, 0.4) is 0 Å². The molecule has 0 spiro atoms. The molecule has 28 heavy (non-hydrogen) atoms. The van der Waals surface area contributed by atoms with Crippen molar-refractivity contribution in [3.8, 4) is 11.8 Å². The maximum Gasteiger partial charge on any atom is 0.308 e.